The Morgan fingerprint density at radius 3 is 2.61 bits per heavy atom. The number of carbonyl (C=O) groups is 1. The molecular formula is C21H20N4O3. The quantitative estimate of drug-likeness (QED) is 0.686. The summed E-state index contributed by atoms with van der Waals surface area (Å²) in [7, 11) is 0. The van der Waals surface area contributed by atoms with Gasteiger partial charge in [0.15, 0.2) is 17.3 Å². The Labute approximate surface area is 162 Å². The Balaban J connectivity index is 1.27. The van der Waals surface area contributed by atoms with Crippen LogP contribution in [-0.4, -0.2) is 51.4 Å². The van der Waals surface area contributed by atoms with E-state index in [1.807, 2.05) is 64.2 Å². The van der Waals surface area contributed by atoms with Crippen LogP contribution in [0, 0.1) is 0 Å². The van der Waals surface area contributed by atoms with E-state index in [0.29, 0.717) is 37.6 Å². The summed E-state index contributed by atoms with van der Waals surface area (Å²) in [6.45, 7) is 2.01. The molecule has 7 nitrogen and oxygen atoms in total. The van der Waals surface area contributed by atoms with Crippen LogP contribution in [0.15, 0.2) is 54.6 Å². The molecule has 0 fully saturated rings. The maximum atomic E-state index is 12.9. The first-order valence-electron chi connectivity index (χ1n) is 9.44. The van der Waals surface area contributed by atoms with Crippen molar-refractivity contribution >= 4 is 5.91 Å². The lowest BCUT2D eigenvalue weighted by Crippen LogP contribution is -2.47. The third-order valence-electron chi connectivity index (χ3n) is 5.06. The van der Waals surface area contributed by atoms with Crippen LogP contribution in [0.3, 0.4) is 0 Å². The number of nitrogens with zero attached hydrogens (tertiary/aromatic N) is 4. The molecule has 2 aromatic carbocycles. The maximum absolute atomic E-state index is 12.9. The monoisotopic (exact) mass is 376 g/mol. The average Bonchev–Trinajstić information content (AvgIpc) is 3.06. The third kappa shape index (κ3) is 3.09. The van der Waals surface area contributed by atoms with Gasteiger partial charge in [0.2, 0.25) is 6.10 Å². The van der Waals surface area contributed by atoms with Crippen molar-refractivity contribution in [3.05, 3.63) is 60.4 Å². The van der Waals surface area contributed by atoms with E-state index >= 15 is 0 Å². The van der Waals surface area contributed by atoms with Gasteiger partial charge in [-0.25, -0.2) is 9.67 Å². The zero-order chi connectivity index (χ0) is 18.9. The third-order valence-corrected chi connectivity index (χ3v) is 5.06. The smallest absolute Gasteiger partial charge is 0.267 e. The van der Waals surface area contributed by atoms with E-state index in [1.165, 1.54) is 0 Å². The molecule has 0 radical (unpaired) electrons. The van der Waals surface area contributed by atoms with Crippen LogP contribution < -0.4 is 9.47 Å². The van der Waals surface area contributed by atoms with Crippen molar-refractivity contribution < 1.29 is 14.3 Å². The molecule has 7 heteroatoms. The van der Waals surface area contributed by atoms with Crippen LogP contribution in [0.5, 0.6) is 11.5 Å². The summed E-state index contributed by atoms with van der Waals surface area (Å²) in [6.07, 6.45) is 0.0450. The predicted octanol–water partition coefficient (Wildman–Crippen LogP) is 2.17. The fourth-order valence-corrected chi connectivity index (χ4v) is 3.58. The van der Waals surface area contributed by atoms with Gasteiger partial charge in [-0.15, -0.1) is 0 Å². The molecule has 3 aromatic rings. The van der Waals surface area contributed by atoms with Gasteiger partial charge in [0, 0.05) is 25.1 Å². The van der Waals surface area contributed by atoms with Crippen molar-refractivity contribution in [3.8, 4) is 22.9 Å². The Kier molecular flexibility index (Phi) is 4.20. The van der Waals surface area contributed by atoms with Gasteiger partial charge in [-0.2, -0.15) is 5.10 Å². The number of carbonyl (C=O) groups excluding carboxylic acids is 1. The highest BCUT2D eigenvalue weighted by atomic mass is 16.6. The lowest BCUT2D eigenvalue weighted by molar-refractivity contribution is -0.141. The normalized spacial score (nSPS) is 18.3. The number of rotatable bonds is 2. The maximum Gasteiger partial charge on any atom is 0.267 e. The summed E-state index contributed by atoms with van der Waals surface area (Å²) in [4.78, 5) is 19.4. The molecule has 1 amide bonds. The largest absolute Gasteiger partial charge is 0.485 e. The fourth-order valence-electron chi connectivity index (χ4n) is 3.58. The SMILES string of the molecule is O=C(C1COc2ccccc2O1)N1CCc2nc(-c3ccccc3)nn2CC1. The van der Waals surface area contributed by atoms with Gasteiger partial charge in [-0.05, 0) is 12.1 Å². The zero-order valence-electron chi connectivity index (χ0n) is 15.3. The van der Waals surface area contributed by atoms with Gasteiger partial charge < -0.3 is 14.4 Å². The first kappa shape index (κ1) is 16.8. The van der Waals surface area contributed by atoms with Crippen LogP contribution in [0.1, 0.15) is 5.82 Å². The summed E-state index contributed by atoms with van der Waals surface area (Å²) in [5, 5.41) is 4.63. The topological polar surface area (TPSA) is 69.5 Å². The average molecular weight is 376 g/mol. The van der Waals surface area contributed by atoms with Gasteiger partial charge in [0.25, 0.3) is 5.91 Å². The molecule has 1 unspecified atom stereocenters. The minimum atomic E-state index is -0.617. The molecule has 28 heavy (non-hydrogen) atoms. The Morgan fingerprint density at radius 1 is 0.964 bits per heavy atom. The first-order chi connectivity index (χ1) is 13.8. The van der Waals surface area contributed by atoms with Crippen LogP contribution in [0.2, 0.25) is 0 Å². The second-order valence-corrected chi connectivity index (χ2v) is 6.88. The summed E-state index contributed by atoms with van der Waals surface area (Å²) in [6, 6.07) is 17.4. The minimum absolute atomic E-state index is 0.0523. The highest BCUT2D eigenvalue weighted by Gasteiger charge is 2.32. The molecule has 142 valence electrons. The van der Waals surface area contributed by atoms with Crippen LogP contribution in [0.4, 0.5) is 0 Å². The first-order valence-corrected chi connectivity index (χ1v) is 9.44. The van der Waals surface area contributed by atoms with E-state index in [0.717, 1.165) is 17.2 Å². The lowest BCUT2D eigenvalue weighted by atomic mass is 10.2. The highest BCUT2D eigenvalue weighted by molar-refractivity contribution is 5.82. The molecule has 0 saturated carbocycles. The van der Waals surface area contributed by atoms with Crippen molar-refractivity contribution in [2.45, 2.75) is 19.1 Å². The number of amides is 1. The molecule has 1 aromatic heterocycles. The number of hydrogen-bond donors (Lipinski definition) is 0. The zero-order valence-corrected chi connectivity index (χ0v) is 15.3. The lowest BCUT2D eigenvalue weighted by Gasteiger charge is -2.30. The van der Waals surface area contributed by atoms with Crippen molar-refractivity contribution in [2.75, 3.05) is 19.7 Å². The van der Waals surface area contributed by atoms with Gasteiger partial charge in [-0.1, -0.05) is 42.5 Å². The molecule has 0 bridgehead atoms. The summed E-state index contributed by atoms with van der Waals surface area (Å²) in [5.74, 6) is 2.88. The second kappa shape index (κ2) is 6.99. The van der Waals surface area contributed by atoms with Crippen LogP contribution in [0.25, 0.3) is 11.4 Å². The molecule has 0 N–H and O–H groups in total. The Hall–Kier alpha value is -3.35. The van der Waals surface area contributed by atoms with Crippen LogP contribution in [-0.2, 0) is 17.8 Å². The minimum Gasteiger partial charge on any atom is -0.485 e. The summed E-state index contributed by atoms with van der Waals surface area (Å²) in [5.41, 5.74) is 1.00. The molecule has 5 rings (SSSR count). The van der Waals surface area contributed by atoms with Crippen molar-refractivity contribution in [1.29, 1.82) is 0 Å². The van der Waals surface area contributed by atoms with E-state index in [2.05, 4.69) is 10.1 Å². The van der Waals surface area contributed by atoms with E-state index in [9.17, 15) is 4.79 Å². The Bertz CT molecular complexity index is 976. The molecule has 3 heterocycles. The Morgan fingerprint density at radius 2 is 1.75 bits per heavy atom. The standard InChI is InChI=1S/C21H20N4O3/c26-21(18-14-27-16-8-4-5-9-17(16)28-18)24-11-10-19-22-20(23-25(19)13-12-24)15-6-2-1-3-7-15/h1-9,18H,10-14H2. The van der Waals surface area contributed by atoms with E-state index < -0.39 is 6.10 Å². The number of para-hydroxylation sites is 2. The van der Waals surface area contributed by atoms with Crippen molar-refractivity contribution in [3.63, 3.8) is 0 Å². The van der Waals surface area contributed by atoms with E-state index in [4.69, 9.17) is 9.47 Å². The molecule has 0 spiro atoms. The van der Waals surface area contributed by atoms with Crippen molar-refractivity contribution in [1.82, 2.24) is 19.7 Å². The van der Waals surface area contributed by atoms with Crippen molar-refractivity contribution in [2.24, 2.45) is 0 Å². The van der Waals surface area contributed by atoms with Gasteiger partial charge in [0.05, 0.1) is 6.54 Å². The number of fused-ring (bicyclic) bond motifs is 2. The second-order valence-electron chi connectivity index (χ2n) is 6.88. The van der Waals surface area contributed by atoms with E-state index in [1.54, 1.807) is 0 Å². The van der Waals surface area contributed by atoms with Crippen LogP contribution >= 0.6 is 0 Å². The van der Waals surface area contributed by atoms with Gasteiger partial charge in [-0.3, -0.25) is 4.79 Å². The number of aromatic nitrogens is 3. The fraction of sp³-hybridized carbons (Fsp3) is 0.286. The molecule has 2 aliphatic rings. The van der Waals surface area contributed by atoms with E-state index in [-0.39, 0.29) is 12.5 Å². The number of hydrogen-bond acceptors (Lipinski definition) is 5. The van der Waals surface area contributed by atoms with Gasteiger partial charge in [0.1, 0.15) is 12.4 Å². The molecule has 0 saturated heterocycles. The predicted molar refractivity (Wildman–Crippen MR) is 102 cm³/mol. The highest BCUT2D eigenvalue weighted by Crippen LogP contribution is 2.31. The summed E-state index contributed by atoms with van der Waals surface area (Å²) >= 11 is 0. The summed E-state index contributed by atoms with van der Waals surface area (Å²) < 4.78 is 13.5. The number of ether oxygens (including phenoxy) is 2. The number of benzene rings is 2. The van der Waals surface area contributed by atoms with Gasteiger partial charge >= 0.3 is 0 Å². The molecule has 1 atom stereocenters. The molecule has 0 aliphatic carbocycles. The molecular weight excluding hydrogens is 356 g/mol. The molecule has 2 aliphatic heterocycles.